The Morgan fingerprint density at radius 1 is 1.15 bits per heavy atom. The number of allylic oxidation sites excluding steroid dienone is 3. The van der Waals surface area contributed by atoms with E-state index >= 15 is 0 Å². The lowest BCUT2D eigenvalue weighted by Gasteiger charge is -2.17. The first-order valence-electron chi connectivity index (χ1n) is 9.39. The second-order valence-electron chi connectivity index (χ2n) is 6.52. The van der Waals surface area contributed by atoms with Crippen LogP contribution in [-0.4, -0.2) is 17.1 Å². The molecular formula is C22H30N2OS. The van der Waals surface area contributed by atoms with Gasteiger partial charge in [-0.25, -0.2) is 9.97 Å². The van der Waals surface area contributed by atoms with E-state index in [0.29, 0.717) is 5.92 Å². The predicted octanol–water partition coefficient (Wildman–Crippen LogP) is 6.54. The van der Waals surface area contributed by atoms with E-state index in [4.69, 9.17) is 14.7 Å². The van der Waals surface area contributed by atoms with Gasteiger partial charge in [0.15, 0.2) is 0 Å². The van der Waals surface area contributed by atoms with E-state index < -0.39 is 0 Å². The number of aryl methyl sites for hydroxylation is 1. The summed E-state index contributed by atoms with van der Waals surface area (Å²) in [6.07, 6.45) is 6.24. The molecule has 26 heavy (non-hydrogen) atoms. The van der Waals surface area contributed by atoms with Gasteiger partial charge in [-0.2, -0.15) is 0 Å². The molecule has 2 heterocycles. The Labute approximate surface area is 161 Å². The summed E-state index contributed by atoms with van der Waals surface area (Å²) in [6.45, 7) is 12.6. The molecule has 0 unspecified atom stereocenters. The molecule has 0 saturated carbocycles. The molecule has 1 aliphatic carbocycles. The zero-order chi connectivity index (χ0) is 19.3. The molecule has 2 aromatic rings. The standard InChI is InChI=1S/C20H24N2OS.C2H6/c1-12(2)17-11-24-20(22-17)16-10-13(3)15-8-6-7-9-18(23-5)14(4)19(15)21-16;1-2/h7,9-12H,6,8H2,1-5H3;1-2H3/b9-7?,18-14+;. The van der Waals surface area contributed by atoms with Crippen molar-refractivity contribution < 1.29 is 4.74 Å². The Hall–Kier alpha value is -1.94. The molecular weight excluding hydrogens is 340 g/mol. The Balaban J connectivity index is 0.00000117. The van der Waals surface area contributed by atoms with Crippen molar-refractivity contribution in [3.05, 3.63) is 51.9 Å². The second kappa shape index (κ2) is 9.13. The Bertz CT molecular complexity index is 816. The minimum absolute atomic E-state index is 0.437. The highest BCUT2D eigenvalue weighted by atomic mass is 32.1. The van der Waals surface area contributed by atoms with Crippen LogP contribution >= 0.6 is 11.3 Å². The number of ether oxygens (including phenoxy) is 1. The van der Waals surface area contributed by atoms with Gasteiger partial charge in [0.25, 0.3) is 0 Å². The van der Waals surface area contributed by atoms with Crippen LogP contribution in [0.1, 0.15) is 69.5 Å². The summed E-state index contributed by atoms with van der Waals surface area (Å²) < 4.78 is 5.56. The molecule has 0 radical (unpaired) electrons. The van der Waals surface area contributed by atoms with Crippen LogP contribution in [0.3, 0.4) is 0 Å². The van der Waals surface area contributed by atoms with Gasteiger partial charge in [0.2, 0.25) is 0 Å². The molecule has 3 nitrogen and oxygen atoms in total. The zero-order valence-electron chi connectivity index (χ0n) is 17.0. The molecule has 3 rings (SSSR count). The van der Waals surface area contributed by atoms with Crippen LogP contribution in [0.4, 0.5) is 0 Å². The maximum absolute atomic E-state index is 5.56. The van der Waals surface area contributed by atoms with Gasteiger partial charge in [0.05, 0.1) is 24.2 Å². The number of hydrogen-bond acceptors (Lipinski definition) is 4. The summed E-state index contributed by atoms with van der Waals surface area (Å²) in [5, 5.41) is 3.13. The van der Waals surface area contributed by atoms with E-state index in [2.05, 4.69) is 51.3 Å². The largest absolute Gasteiger partial charge is 0.496 e. The molecule has 1 aliphatic rings. The Kier molecular flexibility index (Phi) is 7.15. The molecule has 0 N–H and O–H groups in total. The fourth-order valence-electron chi connectivity index (χ4n) is 2.98. The number of thiazole rings is 1. The van der Waals surface area contributed by atoms with Crippen LogP contribution in [0.5, 0.6) is 0 Å². The quantitative estimate of drug-likeness (QED) is 0.615. The number of pyridine rings is 1. The SMILES string of the molecule is CC.CO/C1=C(\C)c2nc(-c3nc(C(C)C)cs3)cc(C)c2CCC=C1. The smallest absolute Gasteiger partial charge is 0.142 e. The molecule has 2 aromatic heterocycles. The topological polar surface area (TPSA) is 35.0 Å². The van der Waals surface area contributed by atoms with Crippen LogP contribution < -0.4 is 0 Å². The van der Waals surface area contributed by atoms with Crippen LogP contribution in [0.2, 0.25) is 0 Å². The zero-order valence-corrected chi connectivity index (χ0v) is 17.8. The predicted molar refractivity (Wildman–Crippen MR) is 113 cm³/mol. The average molecular weight is 371 g/mol. The van der Waals surface area contributed by atoms with Crippen molar-refractivity contribution in [3.8, 4) is 10.7 Å². The fourth-order valence-corrected chi connectivity index (χ4v) is 3.93. The van der Waals surface area contributed by atoms with Crippen molar-refractivity contribution in [2.75, 3.05) is 7.11 Å². The van der Waals surface area contributed by atoms with Gasteiger partial charge >= 0.3 is 0 Å². The van der Waals surface area contributed by atoms with Gasteiger partial charge in [0, 0.05) is 11.0 Å². The first kappa shape index (κ1) is 20.4. The molecule has 4 heteroatoms. The lowest BCUT2D eigenvalue weighted by atomic mass is 9.95. The lowest BCUT2D eigenvalue weighted by Crippen LogP contribution is -2.05. The summed E-state index contributed by atoms with van der Waals surface area (Å²) in [5.41, 5.74) is 6.83. The highest BCUT2D eigenvalue weighted by molar-refractivity contribution is 7.13. The summed E-state index contributed by atoms with van der Waals surface area (Å²) in [4.78, 5) is 9.74. The van der Waals surface area contributed by atoms with Crippen molar-refractivity contribution >= 4 is 16.9 Å². The highest BCUT2D eigenvalue weighted by Gasteiger charge is 2.18. The van der Waals surface area contributed by atoms with E-state index in [-0.39, 0.29) is 0 Å². The summed E-state index contributed by atoms with van der Waals surface area (Å²) in [5.74, 6) is 1.33. The average Bonchev–Trinajstić information content (AvgIpc) is 3.12. The maximum Gasteiger partial charge on any atom is 0.142 e. The fraction of sp³-hybridized carbons (Fsp3) is 0.455. The van der Waals surface area contributed by atoms with Gasteiger partial charge in [0.1, 0.15) is 10.8 Å². The number of hydrogen-bond donors (Lipinski definition) is 0. The van der Waals surface area contributed by atoms with Gasteiger partial charge in [-0.1, -0.05) is 33.8 Å². The summed E-state index contributed by atoms with van der Waals surface area (Å²) >= 11 is 1.67. The van der Waals surface area contributed by atoms with E-state index in [9.17, 15) is 0 Å². The number of methoxy groups -OCH3 is 1. The van der Waals surface area contributed by atoms with Crippen LogP contribution in [0.25, 0.3) is 16.3 Å². The molecule has 0 atom stereocenters. The normalized spacial score (nSPS) is 16.5. The van der Waals surface area contributed by atoms with Crippen LogP contribution in [0.15, 0.2) is 29.4 Å². The maximum atomic E-state index is 5.56. The molecule has 0 aliphatic heterocycles. The highest BCUT2D eigenvalue weighted by Crippen LogP contribution is 2.32. The monoisotopic (exact) mass is 370 g/mol. The first-order chi connectivity index (χ1) is 12.5. The lowest BCUT2D eigenvalue weighted by molar-refractivity contribution is 0.308. The molecule has 0 spiro atoms. The number of rotatable bonds is 3. The van der Waals surface area contributed by atoms with Crippen molar-refractivity contribution in [1.82, 2.24) is 9.97 Å². The second-order valence-corrected chi connectivity index (χ2v) is 7.38. The first-order valence-corrected chi connectivity index (χ1v) is 10.3. The summed E-state index contributed by atoms with van der Waals surface area (Å²) in [6, 6.07) is 2.17. The molecule has 0 saturated heterocycles. The van der Waals surface area contributed by atoms with Gasteiger partial charge in [-0.15, -0.1) is 11.3 Å². The number of fused-ring (bicyclic) bond motifs is 1. The molecule has 0 fully saturated rings. The molecule has 0 amide bonds. The Morgan fingerprint density at radius 2 is 1.88 bits per heavy atom. The van der Waals surface area contributed by atoms with Crippen molar-refractivity contribution in [2.24, 2.45) is 0 Å². The molecule has 0 bridgehead atoms. The van der Waals surface area contributed by atoms with E-state index in [1.807, 2.05) is 13.8 Å². The van der Waals surface area contributed by atoms with Gasteiger partial charge < -0.3 is 4.74 Å². The van der Waals surface area contributed by atoms with Crippen molar-refractivity contribution in [2.45, 2.75) is 60.3 Å². The third kappa shape index (κ3) is 4.24. The summed E-state index contributed by atoms with van der Waals surface area (Å²) in [7, 11) is 1.72. The van der Waals surface area contributed by atoms with Gasteiger partial charge in [-0.05, 0) is 55.9 Å². The number of aromatic nitrogens is 2. The van der Waals surface area contributed by atoms with Gasteiger partial charge in [-0.3, -0.25) is 0 Å². The van der Waals surface area contributed by atoms with E-state index in [1.165, 1.54) is 11.1 Å². The third-order valence-electron chi connectivity index (χ3n) is 4.45. The third-order valence-corrected chi connectivity index (χ3v) is 5.34. The Morgan fingerprint density at radius 3 is 2.50 bits per heavy atom. The van der Waals surface area contributed by atoms with E-state index in [0.717, 1.165) is 46.3 Å². The van der Waals surface area contributed by atoms with Crippen LogP contribution in [0, 0.1) is 6.92 Å². The number of nitrogens with zero attached hydrogens (tertiary/aromatic N) is 2. The molecule has 140 valence electrons. The minimum Gasteiger partial charge on any atom is -0.496 e. The molecule has 0 aromatic carbocycles. The minimum atomic E-state index is 0.437. The van der Waals surface area contributed by atoms with E-state index in [1.54, 1.807) is 18.4 Å². The van der Waals surface area contributed by atoms with Crippen LogP contribution in [-0.2, 0) is 11.2 Å². The van der Waals surface area contributed by atoms with Crippen molar-refractivity contribution in [3.63, 3.8) is 0 Å². The van der Waals surface area contributed by atoms with Crippen molar-refractivity contribution in [1.29, 1.82) is 0 Å².